The summed E-state index contributed by atoms with van der Waals surface area (Å²) in [7, 11) is 3.10. The largest absolute Gasteiger partial charge is 0.573 e. The quantitative estimate of drug-likeness (QED) is 0.808. The minimum atomic E-state index is -4.81. The predicted molar refractivity (Wildman–Crippen MR) is 91.1 cm³/mol. The molecule has 0 N–H and O–H groups in total. The zero-order valence-corrected chi connectivity index (χ0v) is 14.8. The van der Waals surface area contributed by atoms with Crippen LogP contribution in [0.1, 0.15) is 21.5 Å². The van der Waals surface area contributed by atoms with Gasteiger partial charge >= 0.3 is 6.36 Å². The van der Waals surface area contributed by atoms with E-state index in [1.165, 1.54) is 19.2 Å². The number of rotatable bonds is 4. The number of halogens is 3. The van der Waals surface area contributed by atoms with Gasteiger partial charge < -0.3 is 19.1 Å². The molecule has 0 radical (unpaired) electrons. The normalized spacial score (nSPS) is 13.7. The second-order valence-electron chi connectivity index (χ2n) is 6.02. The molecule has 3 rings (SSSR count). The third kappa shape index (κ3) is 4.27. The third-order valence-corrected chi connectivity index (χ3v) is 4.33. The summed E-state index contributed by atoms with van der Waals surface area (Å²) in [6.07, 6.45) is -4.22. The van der Waals surface area contributed by atoms with E-state index in [1.54, 1.807) is 18.1 Å². The van der Waals surface area contributed by atoms with Gasteiger partial charge in [0.25, 0.3) is 5.91 Å². The van der Waals surface area contributed by atoms with Gasteiger partial charge in [-0.1, -0.05) is 6.07 Å². The van der Waals surface area contributed by atoms with Crippen molar-refractivity contribution in [1.82, 2.24) is 4.90 Å². The molecular formula is C19H18F3NO4. The van der Waals surface area contributed by atoms with E-state index in [9.17, 15) is 18.0 Å². The van der Waals surface area contributed by atoms with Crippen LogP contribution >= 0.6 is 0 Å². The van der Waals surface area contributed by atoms with E-state index in [0.29, 0.717) is 31.0 Å². The van der Waals surface area contributed by atoms with E-state index in [1.807, 2.05) is 6.07 Å². The molecule has 0 spiro atoms. The van der Waals surface area contributed by atoms with E-state index in [0.717, 1.165) is 23.3 Å². The van der Waals surface area contributed by atoms with Crippen LogP contribution in [-0.4, -0.2) is 37.9 Å². The van der Waals surface area contributed by atoms with E-state index in [-0.39, 0.29) is 11.5 Å². The zero-order chi connectivity index (χ0) is 19.6. The zero-order valence-electron chi connectivity index (χ0n) is 14.8. The van der Waals surface area contributed by atoms with Gasteiger partial charge in [-0.15, -0.1) is 13.2 Å². The first-order valence-corrected chi connectivity index (χ1v) is 8.19. The lowest BCUT2D eigenvalue weighted by molar-refractivity contribution is -0.274. The minimum absolute atomic E-state index is 0.132. The third-order valence-electron chi connectivity index (χ3n) is 4.33. The van der Waals surface area contributed by atoms with Gasteiger partial charge in [-0.25, -0.2) is 0 Å². The second-order valence-corrected chi connectivity index (χ2v) is 6.02. The molecule has 144 valence electrons. The summed E-state index contributed by atoms with van der Waals surface area (Å²) in [6.45, 7) is 0.734. The molecule has 1 heterocycles. The lowest BCUT2D eigenvalue weighted by atomic mass is 9.97. The second kappa shape index (κ2) is 7.38. The lowest BCUT2D eigenvalue weighted by Crippen LogP contribution is -2.36. The number of nitrogens with zero attached hydrogens (tertiary/aromatic N) is 1. The van der Waals surface area contributed by atoms with Crippen LogP contribution in [0.3, 0.4) is 0 Å². The molecule has 2 aromatic rings. The predicted octanol–water partition coefficient (Wildman–Crippen LogP) is 3.80. The van der Waals surface area contributed by atoms with Crippen molar-refractivity contribution in [3.63, 3.8) is 0 Å². The Hall–Kier alpha value is -2.90. The number of alkyl halides is 3. The Balaban J connectivity index is 1.83. The van der Waals surface area contributed by atoms with Gasteiger partial charge in [0.1, 0.15) is 17.2 Å². The van der Waals surface area contributed by atoms with Gasteiger partial charge in [-0.2, -0.15) is 0 Å². The highest BCUT2D eigenvalue weighted by atomic mass is 19.4. The topological polar surface area (TPSA) is 48.0 Å². The van der Waals surface area contributed by atoms with Gasteiger partial charge in [-0.05, 0) is 36.2 Å². The molecule has 0 aromatic heterocycles. The summed E-state index contributed by atoms with van der Waals surface area (Å²) in [5.41, 5.74) is 2.01. The van der Waals surface area contributed by atoms with Crippen LogP contribution in [0.4, 0.5) is 13.2 Å². The van der Waals surface area contributed by atoms with E-state index >= 15 is 0 Å². The monoisotopic (exact) mass is 381 g/mol. The first kappa shape index (κ1) is 18.9. The lowest BCUT2D eigenvalue weighted by Gasteiger charge is -2.30. The average Bonchev–Trinajstić information content (AvgIpc) is 2.64. The van der Waals surface area contributed by atoms with Crippen LogP contribution in [-0.2, 0) is 13.0 Å². The fourth-order valence-corrected chi connectivity index (χ4v) is 3.09. The number of amides is 1. The van der Waals surface area contributed by atoms with Crippen LogP contribution in [0.2, 0.25) is 0 Å². The van der Waals surface area contributed by atoms with Crippen LogP contribution < -0.4 is 14.2 Å². The molecule has 0 aliphatic carbocycles. The molecule has 1 amide bonds. The van der Waals surface area contributed by atoms with Gasteiger partial charge in [-0.3, -0.25) is 4.79 Å². The number of hydrogen-bond acceptors (Lipinski definition) is 4. The number of carbonyl (C=O) groups is 1. The van der Waals surface area contributed by atoms with Crippen LogP contribution in [0, 0.1) is 0 Å². The highest BCUT2D eigenvalue weighted by Crippen LogP contribution is 2.33. The summed E-state index contributed by atoms with van der Waals surface area (Å²) in [5.74, 6) is 0.484. The summed E-state index contributed by atoms with van der Waals surface area (Å²) in [6, 6.07) is 8.72. The Kier molecular flexibility index (Phi) is 5.16. The van der Waals surface area contributed by atoms with E-state index < -0.39 is 12.1 Å². The highest BCUT2D eigenvalue weighted by molar-refractivity contribution is 5.94. The first-order valence-electron chi connectivity index (χ1n) is 8.19. The molecule has 0 saturated heterocycles. The molecule has 1 aliphatic heterocycles. The molecule has 8 heteroatoms. The van der Waals surface area contributed by atoms with Crippen molar-refractivity contribution >= 4 is 5.91 Å². The van der Waals surface area contributed by atoms with Crippen molar-refractivity contribution in [2.45, 2.75) is 19.3 Å². The van der Waals surface area contributed by atoms with E-state index in [2.05, 4.69) is 4.74 Å². The number of hydrogen-bond donors (Lipinski definition) is 0. The summed E-state index contributed by atoms with van der Waals surface area (Å²) in [4.78, 5) is 14.3. The van der Waals surface area contributed by atoms with Crippen molar-refractivity contribution in [3.8, 4) is 17.2 Å². The molecular weight excluding hydrogens is 363 g/mol. The fraction of sp³-hybridized carbons (Fsp3) is 0.316. The van der Waals surface area contributed by atoms with Crippen LogP contribution in [0.15, 0.2) is 36.4 Å². The Morgan fingerprint density at radius 2 is 1.85 bits per heavy atom. The minimum Gasteiger partial charge on any atom is -0.497 e. The van der Waals surface area contributed by atoms with Crippen LogP contribution in [0.25, 0.3) is 0 Å². The Morgan fingerprint density at radius 1 is 1.07 bits per heavy atom. The summed E-state index contributed by atoms with van der Waals surface area (Å²) < 4.78 is 51.7. The molecule has 1 aliphatic rings. The number of ether oxygens (including phenoxy) is 3. The standard InChI is InChI=1S/C19H18F3NO4/c1-25-15-8-12-6-7-23(11-16(12)17(10-15)26-2)18(24)13-4-3-5-14(9-13)27-19(20,21)22/h3-5,8-10H,6-7,11H2,1-2H3. The fourth-order valence-electron chi connectivity index (χ4n) is 3.09. The molecule has 0 unspecified atom stereocenters. The Bertz CT molecular complexity index is 834. The van der Waals surface area contributed by atoms with Crippen molar-refractivity contribution in [2.75, 3.05) is 20.8 Å². The molecule has 0 bridgehead atoms. The molecule has 27 heavy (non-hydrogen) atoms. The van der Waals surface area contributed by atoms with Crippen LogP contribution in [0.5, 0.6) is 17.2 Å². The number of methoxy groups -OCH3 is 2. The smallest absolute Gasteiger partial charge is 0.497 e. The van der Waals surface area contributed by atoms with Gasteiger partial charge in [0.15, 0.2) is 0 Å². The molecule has 0 saturated carbocycles. The van der Waals surface area contributed by atoms with Crippen molar-refractivity contribution in [3.05, 3.63) is 53.1 Å². The van der Waals surface area contributed by atoms with Crippen molar-refractivity contribution in [1.29, 1.82) is 0 Å². The van der Waals surface area contributed by atoms with Gasteiger partial charge in [0, 0.05) is 30.3 Å². The summed E-state index contributed by atoms with van der Waals surface area (Å²) >= 11 is 0. The van der Waals surface area contributed by atoms with Gasteiger partial charge in [0.2, 0.25) is 0 Å². The van der Waals surface area contributed by atoms with E-state index in [4.69, 9.17) is 9.47 Å². The Labute approximate surface area is 154 Å². The number of carbonyl (C=O) groups excluding carboxylic acids is 1. The average molecular weight is 381 g/mol. The molecule has 5 nitrogen and oxygen atoms in total. The maximum Gasteiger partial charge on any atom is 0.573 e. The number of fused-ring (bicyclic) bond motifs is 1. The maximum atomic E-state index is 12.8. The molecule has 2 aromatic carbocycles. The molecule has 0 fully saturated rings. The maximum absolute atomic E-state index is 12.8. The first-order chi connectivity index (χ1) is 12.8. The van der Waals surface area contributed by atoms with Crippen molar-refractivity contribution in [2.24, 2.45) is 0 Å². The van der Waals surface area contributed by atoms with Gasteiger partial charge in [0.05, 0.1) is 14.2 Å². The molecule has 0 atom stereocenters. The Morgan fingerprint density at radius 3 is 2.52 bits per heavy atom. The number of benzene rings is 2. The highest BCUT2D eigenvalue weighted by Gasteiger charge is 2.31. The summed E-state index contributed by atoms with van der Waals surface area (Å²) in [5, 5.41) is 0. The van der Waals surface area contributed by atoms with Crippen molar-refractivity contribution < 1.29 is 32.2 Å². The SMILES string of the molecule is COc1cc2c(c(OC)c1)CN(C(=O)c1cccc(OC(F)(F)F)c1)CC2.